The van der Waals surface area contributed by atoms with Gasteiger partial charge in [-0.2, -0.15) is 0 Å². The van der Waals surface area contributed by atoms with Crippen molar-refractivity contribution in [1.29, 1.82) is 0 Å². The summed E-state index contributed by atoms with van der Waals surface area (Å²) in [5, 5.41) is 0. The maximum absolute atomic E-state index is 13.4. The van der Waals surface area contributed by atoms with Crippen LogP contribution in [0.3, 0.4) is 0 Å². The Bertz CT molecular complexity index is 618. The molecule has 2 N–H and O–H groups in total. The fourth-order valence-electron chi connectivity index (χ4n) is 1.30. The van der Waals surface area contributed by atoms with Crippen molar-refractivity contribution in [3.05, 3.63) is 29.6 Å². The lowest BCUT2D eigenvalue weighted by Gasteiger charge is -2.07. The Balaban J connectivity index is 2.90. The van der Waals surface area contributed by atoms with Gasteiger partial charge >= 0.3 is 0 Å². The van der Waals surface area contributed by atoms with Gasteiger partial charge in [-0.3, -0.25) is 0 Å². The van der Waals surface area contributed by atoms with Gasteiger partial charge in [0.15, 0.2) is 9.84 Å². The fraction of sp³-hybridized carbons (Fsp3) is 0.400. The molecule has 0 heterocycles. The van der Waals surface area contributed by atoms with E-state index in [0.29, 0.717) is 0 Å². The average molecular weight is 295 g/mol. The predicted octanol–water partition coefficient (Wildman–Crippen LogP) is 0.367. The van der Waals surface area contributed by atoms with E-state index in [2.05, 4.69) is 0 Å². The molecule has 0 saturated heterocycles. The summed E-state index contributed by atoms with van der Waals surface area (Å²) >= 11 is 0. The molecule has 0 aromatic heterocycles. The van der Waals surface area contributed by atoms with Crippen LogP contribution in [0.5, 0.6) is 0 Å². The highest BCUT2D eigenvalue weighted by Gasteiger charge is 2.19. The highest BCUT2D eigenvalue weighted by molar-refractivity contribution is 7.94. The van der Waals surface area contributed by atoms with E-state index in [9.17, 15) is 21.2 Å². The van der Waals surface area contributed by atoms with Crippen molar-refractivity contribution in [2.24, 2.45) is 0 Å². The molecule has 0 aliphatic heterocycles. The van der Waals surface area contributed by atoms with Crippen LogP contribution in [0.1, 0.15) is 5.56 Å². The lowest BCUT2D eigenvalue weighted by Crippen LogP contribution is -2.18. The van der Waals surface area contributed by atoms with E-state index in [1.54, 1.807) is 0 Å². The number of anilines is 1. The summed E-state index contributed by atoms with van der Waals surface area (Å²) in [5.74, 6) is -2.33. The van der Waals surface area contributed by atoms with Gasteiger partial charge in [0.2, 0.25) is 0 Å². The first-order valence-electron chi connectivity index (χ1n) is 5.02. The van der Waals surface area contributed by atoms with E-state index in [0.717, 1.165) is 12.3 Å². The SMILES string of the molecule is CS(=O)(=O)CCS(=O)(=O)Cc1c(N)cccc1F. The zero-order chi connectivity index (χ0) is 14.0. The maximum atomic E-state index is 13.4. The molecule has 0 atom stereocenters. The van der Waals surface area contributed by atoms with Gasteiger partial charge < -0.3 is 5.73 Å². The van der Waals surface area contributed by atoms with Crippen LogP contribution in [-0.2, 0) is 25.4 Å². The summed E-state index contributed by atoms with van der Waals surface area (Å²) in [6.07, 6.45) is 0.944. The Morgan fingerprint density at radius 1 is 1.17 bits per heavy atom. The summed E-state index contributed by atoms with van der Waals surface area (Å²) in [7, 11) is -7.09. The van der Waals surface area contributed by atoms with Crippen molar-refractivity contribution in [3.63, 3.8) is 0 Å². The minimum atomic E-state index is -3.71. The monoisotopic (exact) mass is 295 g/mol. The number of benzene rings is 1. The zero-order valence-electron chi connectivity index (χ0n) is 9.76. The first kappa shape index (κ1) is 14.9. The predicted molar refractivity (Wildman–Crippen MR) is 68.0 cm³/mol. The Morgan fingerprint density at radius 2 is 1.78 bits per heavy atom. The summed E-state index contributed by atoms with van der Waals surface area (Å²) in [6, 6.07) is 3.87. The molecule has 0 radical (unpaired) electrons. The largest absolute Gasteiger partial charge is 0.398 e. The third-order valence-electron chi connectivity index (χ3n) is 2.28. The zero-order valence-corrected chi connectivity index (χ0v) is 11.4. The van der Waals surface area contributed by atoms with Gasteiger partial charge in [-0.05, 0) is 12.1 Å². The van der Waals surface area contributed by atoms with Gasteiger partial charge in [-0.1, -0.05) is 6.07 Å². The third-order valence-corrected chi connectivity index (χ3v) is 5.04. The van der Waals surface area contributed by atoms with Crippen molar-refractivity contribution < 1.29 is 21.2 Å². The second kappa shape index (κ2) is 5.23. The van der Waals surface area contributed by atoms with Gasteiger partial charge in [0.05, 0.1) is 17.3 Å². The first-order valence-corrected chi connectivity index (χ1v) is 8.90. The quantitative estimate of drug-likeness (QED) is 0.792. The molecule has 0 saturated carbocycles. The molecule has 5 nitrogen and oxygen atoms in total. The lowest BCUT2D eigenvalue weighted by molar-refractivity contribution is 0.584. The molecule has 0 spiro atoms. The lowest BCUT2D eigenvalue weighted by atomic mass is 10.2. The number of sulfone groups is 2. The minimum Gasteiger partial charge on any atom is -0.398 e. The Hall–Kier alpha value is -1.15. The number of nitrogens with two attached hydrogens (primary N) is 1. The van der Waals surface area contributed by atoms with Crippen LogP contribution in [0.4, 0.5) is 10.1 Å². The molecule has 102 valence electrons. The standard InChI is InChI=1S/C10H14FNO4S2/c1-17(13,14)5-6-18(15,16)7-8-9(11)3-2-4-10(8)12/h2-4H,5-7,12H2,1H3. The molecule has 0 unspecified atom stereocenters. The highest BCUT2D eigenvalue weighted by Crippen LogP contribution is 2.18. The summed E-state index contributed by atoms with van der Waals surface area (Å²) in [5.41, 5.74) is 5.41. The maximum Gasteiger partial charge on any atom is 0.155 e. The molecule has 1 rings (SSSR count). The Morgan fingerprint density at radius 3 is 2.28 bits per heavy atom. The molecule has 0 fully saturated rings. The van der Waals surface area contributed by atoms with E-state index >= 15 is 0 Å². The molecule has 1 aromatic rings. The van der Waals surface area contributed by atoms with Crippen LogP contribution in [0.25, 0.3) is 0 Å². The van der Waals surface area contributed by atoms with Crippen molar-refractivity contribution in [3.8, 4) is 0 Å². The summed E-state index contributed by atoms with van der Waals surface area (Å²) < 4.78 is 58.5. The average Bonchev–Trinajstić information content (AvgIpc) is 2.20. The van der Waals surface area contributed by atoms with Crippen LogP contribution in [0.15, 0.2) is 18.2 Å². The van der Waals surface area contributed by atoms with E-state index in [-0.39, 0.29) is 11.3 Å². The topological polar surface area (TPSA) is 94.3 Å². The van der Waals surface area contributed by atoms with Gasteiger partial charge in [0, 0.05) is 17.5 Å². The second-order valence-electron chi connectivity index (χ2n) is 4.03. The van der Waals surface area contributed by atoms with E-state index < -0.39 is 42.8 Å². The Labute approximate surface area is 106 Å². The fourth-order valence-corrected chi connectivity index (χ4v) is 4.41. The molecule has 0 amide bonds. The number of nitrogen functional groups attached to an aromatic ring is 1. The van der Waals surface area contributed by atoms with Crippen LogP contribution in [-0.4, -0.2) is 34.6 Å². The molecular weight excluding hydrogens is 281 g/mol. The van der Waals surface area contributed by atoms with Gasteiger partial charge in [-0.25, -0.2) is 21.2 Å². The van der Waals surface area contributed by atoms with Crippen molar-refractivity contribution in [2.45, 2.75) is 5.75 Å². The molecule has 0 bridgehead atoms. The van der Waals surface area contributed by atoms with Crippen molar-refractivity contribution in [2.75, 3.05) is 23.5 Å². The summed E-state index contributed by atoms with van der Waals surface area (Å²) in [6.45, 7) is 0. The normalized spacial score (nSPS) is 12.6. The molecule has 8 heteroatoms. The molecule has 0 aliphatic rings. The number of hydrogen-bond acceptors (Lipinski definition) is 5. The van der Waals surface area contributed by atoms with Crippen LogP contribution in [0.2, 0.25) is 0 Å². The van der Waals surface area contributed by atoms with Crippen LogP contribution < -0.4 is 5.73 Å². The number of halogens is 1. The van der Waals surface area contributed by atoms with Gasteiger partial charge in [-0.15, -0.1) is 0 Å². The smallest absolute Gasteiger partial charge is 0.155 e. The van der Waals surface area contributed by atoms with E-state index in [1.807, 2.05) is 0 Å². The van der Waals surface area contributed by atoms with E-state index in [1.165, 1.54) is 12.1 Å². The minimum absolute atomic E-state index is 0.0398. The second-order valence-corrected chi connectivity index (χ2v) is 8.47. The van der Waals surface area contributed by atoms with Crippen molar-refractivity contribution >= 4 is 25.4 Å². The Kier molecular flexibility index (Phi) is 4.33. The molecule has 0 aliphatic carbocycles. The number of hydrogen-bond donors (Lipinski definition) is 1. The third kappa shape index (κ3) is 4.61. The first-order chi connectivity index (χ1) is 8.11. The van der Waals surface area contributed by atoms with Crippen molar-refractivity contribution in [1.82, 2.24) is 0 Å². The van der Waals surface area contributed by atoms with Gasteiger partial charge in [0.25, 0.3) is 0 Å². The molecule has 18 heavy (non-hydrogen) atoms. The van der Waals surface area contributed by atoms with Crippen LogP contribution in [0, 0.1) is 5.82 Å². The molecular formula is C10H14FNO4S2. The number of rotatable bonds is 5. The molecule has 1 aromatic carbocycles. The summed E-state index contributed by atoms with van der Waals surface area (Å²) in [4.78, 5) is 0. The van der Waals surface area contributed by atoms with E-state index in [4.69, 9.17) is 5.73 Å². The highest BCUT2D eigenvalue weighted by atomic mass is 32.2. The van der Waals surface area contributed by atoms with Gasteiger partial charge in [0.1, 0.15) is 15.7 Å². The van der Waals surface area contributed by atoms with Crippen LogP contribution >= 0.6 is 0 Å².